The number of Topliss-reactive ketones (excluding diaryl/α,β-unsaturated/α-hetero) is 2. The third kappa shape index (κ3) is 3.60. The second-order valence-electron chi connectivity index (χ2n) is 6.99. The number of alkyl halides is 3. The average molecular weight is 353 g/mol. The molecule has 0 bridgehead atoms. The smallest absolute Gasteiger partial charge is 0.325 e. The van der Waals surface area contributed by atoms with Gasteiger partial charge >= 0.3 is 6.18 Å². The summed E-state index contributed by atoms with van der Waals surface area (Å²) in [4.78, 5) is 37.0. The van der Waals surface area contributed by atoms with Gasteiger partial charge in [0.05, 0.1) is 5.56 Å². The topological polar surface area (TPSA) is 63.2 Å². The van der Waals surface area contributed by atoms with Crippen LogP contribution in [0.4, 0.5) is 18.9 Å². The molecule has 25 heavy (non-hydrogen) atoms. The summed E-state index contributed by atoms with van der Waals surface area (Å²) < 4.78 is 38.2. The fraction of sp³-hybridized carbons (Fsp3) is 0.500. The zero-order valence-corrected chi connectivity index (χ0v) is 13.5. The number of hydrogen-bond acceptors (Lipinski definition) is 3. The van der Waals surface area contributed by atoms with Crippen molar-refractivity contribution in [2.75, 3.05) is 5.32 Å². The molecule has 1 amide bonds. The quantitative estimate of drug-likeness (QED) is 0.824. The predicted molar refractivity (Wildman–Crippen MR) is 83.7 cm³/mol. The summed E-state index contributed by atoms with van der Waals surface area (Å²) in [5.41, 5.74) is -1.29. The summed E-state index contributed by atoms with van der Waals surface area (Å²) in [6.45, 7) is 0. The Bertz CT molecular complexity index is 701. The van der Waals surface area contributed by atoms with Crippen molar-refractivity contribution in [3.63, 3.8) is 0 Å². The number of hydrogen-bond donors (Lipinski definition) is 1. The van der Waals surface area contributed by atoms with Crippen molar-refractivity contribution in [1.29, 1.82) is 0 Å². The first-order valence-corrected chi connectivity index (χ1v) is 8.24. The fourth-order valence-electron chi connectivity index (χ4n) is 3.94. The van der Waals surface area contributed by atoms with Gasteiger partial charge in [-0.1, -0.05) is 18.9 Å². The number of nitrogens with one attached hydrogen (secondary N) is 1. The molecular weight excluding hydrogens is 335 g/mol. The molecule has 2 aliphatic carbocycles. The molecular formula is C18H18F3NO3. The Morgan fingerprint density at radius 3 is 2.24 bits per heavy atom. The van der Waals surface area contributed by atoms with Crippen LogP contribution in [0.15, 0.2) is 24.3 Å². The van der Waals surface area contributed by atoms with Crippen molar-refractivity contribution >= 4 is 23.2 Å². The lowest BCUT2D eigenvalue weighted by molar-refractivity contribution is -0.145. The van der Waals surface area contributed by atoms with Gasteiger partial charge in [0.2, 0.25) is 5.91 Å². The maximum atomic E-state index is 12.7. The van der Waals surface area contributed by atoms with Gasteiger partial charge in [-0.15, -0.1) is 0 Å². The van der Waals surface area contributed by atoms with Crippen LogP contribution in [0, 0.1) is 11.3 Å². The van der Waals surface area contributed by atoms with Crippen LogP contribution in [0.1, 0.15) is 44.1 Å². The van der Waals surface area contributed by atoms with Gasteiger partial charge in [0.1, 0.15) is 0 Å². The van der Waals surface area contributed by atoms with E-state index in [1.807, 2.05) is 0 Å². The number of benzene rings is 1. The molecule has 2 aliphatic rings. The summed E-state index contributed by atoms with van der Waals surface area (Å²) in [6.07, 6.45) is -0.576. The van der Waals surface area contributed by atoms with Gasteiger partial charge in [-0.2, -0.15) is 13.2 Å². The van der Waals surface area contributed by atoms with E-state index >= 15 is 0 Å². The molecule has 1 aromatic rings. The van der Waals surface area contributed by atoms with Gasteiger partial charge in [0.25, 0.3) is 0 Å². The maximum absolute atomic E-state index is 12.7. The van der Waals surface area contributed by atoms with E-state index in [1.54, 1.807) is 0 Å². The second-order valence-corrected chi connectivity index (χ2v) is 6.99. The molecule has 2 saturated carbocycles. The minimum atomic E-state index is -4.54. The van der Waals surface area contributed by atoms with E-state index in [9.17, 15) is 27.6 Å². The molecule has 0 saturated heterocycles. The Balaban J connectivity index is 1.73. The SMILES string of the molecule is O=C1CC2(CCCC2)CC(=O)C1C(=O)Nc1cccc(C(F)(F)F)c1. The summed E-state index contributed by atoms with van der Waals surface area (Å²) in [5, 5.41) is 2.28. The average Bonchev–Trinajstić information content (AvgIpc) is 2.93. The largest absolute Gasteiger partial charge is 0.416 e. The number of amides is 1. The molecule has 7 heteroatoms. The second kappa shape index (κ2) is 6.28. The lowest BCUT2D eigenvalue weighted by Gasteiger charge is -2.34. The number of carbonyl (C=O) groups excluding carboxylic acids is 3. The highest BCUT2D eigenvalue weighted by molar-refractivity contribution is 6.23. The summed E-state index contributed by atoms with van der Waals surface area (Å²) in [6, 6.07) is 4.13. The highest BCUT2D eigenvalue weighted by Gasteiger charge is 2.48. The van der Waals surface area contributed by atoms with E-state index in [0.717, 1.165) is 43.9 Å². The van der Waals surface area contributed by atoms with E-state index in [-0.39, 0.29) is 23.9 Å². The van der Waals surface area contributed by atoms with Gasteiger partial charge in [-0.25, -0.2) is 0 Å². The Labute approximate surface area is 142 Å². The Hall–Kier alpha value is -2.18. The monoisotopic (exact) mass is 353 g/mol. The molecule has 1 spiro atoms. The van der Waals surface area contributed by atoms with Crippen LogP contribution in [0.3, 0.4) is 0 Å². The summed E-state index contributed by atoms with van der Waals surface area (Å²) in [7, 11) is 0. The minimum Gasteiger partial charge on any atom is -0.325 e. The molecule has 0 atom stereocenters. The molecule has 4 nitrogen and oxygen atoms in total. The third-order valence-corrected chi connectivity index (χ3v) is 5.13. The standard InChI is InChI=1S/C18H18F3NO3/c19-18(20,21)11-4-3-5-12(8-11)22-16(25)15-13(23)9-17(10-14(15)24)6-1-2-7-17/h3-5,8,15H,1-2,6-7,9-10H2,(H,22,25). The summed E-state index contributed by atoms with van der Waals surface area (Å²) >= 11 is 0. The fourth-order valence-corrected chi connectivity index (χ4v) is 3.94. The highest BCUT2D eigenvalue weighted by atomic mass is 19.4. The Morgan fingerprint density at radius 2 is 1.68 bits per heavy atom. The van der Waals surface area contributed by atoms with Crippen molar-refractivity contribution in [2.24, 2.45) is 11.3 Å². The lowest BCUT2D eigenvalue weighted by Crippen LogP contribution is -2.45. The van der Waals surface area contributed by atoms with Gasteiger partial charge in [0.15, 0.2) is 17.5 Å². The van der Waals surface area contributed by atoms with E-state index in [0.29, 0.717) is 0 Å². The van der Waals surface area contributed by atoms with E-state index < -0.39 is 35.1 Å². The molecule has 0 aliphatic heterocycles. The van der Waals surface area contributed by atoms with Crippen LogP contribution in [0.25, 0.3) is 0 Å². The summed E-state index contributed by atoms with van der Waals surface area (Å²) in [5.74, 6) is -3.12. The molecule has 134 valence electrons. The number of rotatable bonds is 2. The molecule has 0 unspecified atom stereocenters. The first-order chi connectivity index (χ1) is 11.7. The van der Waals surface area contributed by atoms with Crippen LogP contribution in [-0.2, 0) is 20.6 Å². The zero-order chi connectivity index (χ0) is 18.2. The highest BCUT2D eigenvalue weighted by Crippen LogP contribution is 2.48. The molecule has 2 fully saturated rings. The van der Waals surface area contributed by atoms with Gasteiger partial charge in [0, 0.05) is 18.5 Å². The molecule has 3 rings (SSSR count). The van der Waals surface area contributed by atoms with Crippen LogP contribution in [0.2, 0.25) is 0 Å². The molecule has 0 heterocycles. The van der Waals surface area contributed by atoms with Crippen molar-refractivity contribution < 1.29 is 27.6 Å². The Morgan fingerprint density at radius 1 is 1.08 bits per heavy atom. The molecule has 1 aromatic carbocycles. The van der Waals surface area contributed by atoms with Gasteiger partial charge in [-0.3, -0.25) is 14.4 Å². The molecule has 1 N–H and O–H groups in total. The number of ketones is 2. The van der Waals surface area contributed by atoms with E-state index in [1.165, 1.54) is 6.07 Å². The van der Waals surface area contributed by atoms with Crippen molar-refractivity contribution in [2.45, 2.75) is 44.7 Å². The number of carbonyl (C=O) groups is 3. The number of halogens is 3. The predicted octanol–water partition coefficient (Wildman–Crippen LogP) is 3.75. The van der Waals surface area contributed by atoms with Crippen molar-refractivity contribution in [3.8, 4) is 0 Å². The van der Waals surface area contributed by atoms with Crippen LogP contribution in [0.5, 0.6) is 0 Å². The van der Waals surface area contributed by atoms with Crippen LogP contribution in [-0.4, -0.2) is 17.5 Å². The van der Waals surface area contributed by atoms with Gasteiger partial charge < -0.3 is 5.32 Å². The first kappa shape index (κ1) is 17.6. The third-order valence-electron chi connectivity index (χ3n) is 5.13. The van der Waals surface area contributed by atoms with Crippen molar-refractivity contribution in [1.82, 2.24) is 0 Å². The normalized spacial score (nSPS) is 20.9. The lowest BCUT2D eigenvalue weighted by atomic mass is 9.68. The van der Waals surface area contributed by atoms with Crippen LogP contribution < -0.4 is 5.32 Å². The van der Waals surface area contributed by atoms with E-state index in [2.05, 4.69) is 5.32 Å². The molecule has 0 aromatic heterocycles. The maximum Gasteiger partial charge on any atom is 0.416 e. The minimum absolute atomic E-state index is 0.0819. The Kier molecular flexibility index (Phi) is 4.43. The number of anilines is 1. The first-order valence-electron chi connectivity index (χ1n) is 8.24. The van der Waals surface area contributed by atoms with Gasteiger partial charge in [-0.05, 0) is 36.5 Å². The van der Waals surface area contributed by atoms with Crippen LogP contribution >= 0.6 is 0 Å². The molecule has 0 radical (unpaired) electrons. The zero-order valence-electron chi connectivity index (χ0n) is 13.5. The van der Waals surface area contributed by atoms with Crippen molar-refractivity contribution in [3.05, 3.63) is 29.8 Å². The van der Waals surface area contributed by atoms with E-state index in [4.69, 9.17) is 0 Å².